The maximum Gasteiger partial charge on any atom is 0.257 e. The van der Waals surface area contributed by atoms with Crippen LogP contribution in [0, 0.1) is 0 Å². The van der Waals surface area contributed by atoms with Crippen molar-refractivity contribution < 1.29 is 22.7 Å². The fourth-order valence-electron chi connectivity index (χ4n) is 4.24. The average molecular weight is 536 g/mol. The summed E-state index contributed by atoms with van der Waals surface area (Å²) in [5.41, 5.74) is 3.91. The van der Waals surface area contributed by atoms with E-state index in [1.54, 1.807) is 26.4 Å². The molecule has 3 aromatic carbocycles. The summed E-state index contributed by atoms with van der Waals surface area (Å²) in [5.74, 6) is 0.922. The number of anilines is 1. The third-order valence-corrected chi connectivity index (χ3v) is 8.87. The number of hydrogen-bond acceptors (Lipinski definition) is 7. The lowest BCUT2D eigenvalue weighted by Gasteiger charge is -2.28. The molecule has 1 aromatic heterocycles. The summed E-state index contributed by atoms with van der Waals surface area (Å²) in [5, 5.41) is 5.01. The van der Waals surface area contributed by atoms with E-state index in [9.17, 15) is 13.2 Å². The first-order chi connectivity index (χ1) is 17.9. The number of hydrogen-bond donors (Lipinski definition) is 1. The molecular weight excluding hydrogens is 510 g/mol. The van der Waals surface area contributed by atoms with E-state index in [0.29, 0.717) is 47.4 Å². The van der Waals surface area contributed by atoms with Crippen LogP contribution in [0.2, 0.25) is 0 Å². The molecule has 0 bridgehead atoms. The molecule has 0 atom stereocenters. The van der Waals surface area contributed by atoms with Gasteiger partial charge in [0.2, 0.25) is 10.0 Å². The van der Waals surface area contributed by atoms with Crippen molar-refractivity contribution in [2.75, 3.05) is 26.1 Å². The summed E-state index contributed by atoms with van der Waals surface area (Å²) in [6, 6.07) is 19.3. The quantitative estimate of drug-likeness (QED) is 0.364. The highest BCUT2D eigenvalue weighted by Crippen LogP contribution is 2.35. The number of carbonyl (C=O) groups is 1. The summed E-state index contributed by atoms with van der Waals surface area (Å²) in [6.45, 7) is 0.761. The summed E-state index contributed by atoms with van der Waals surface area (Å²) >= 11 is 1.28. The van der Waals surface area contributed by atoms with Crippen molar-refractivity contribution >= 4 is 32.4 Å². The Balaban J connectivity index is 1.29. The Morgan fingerprint density at radius 3 is 2.49 bits per heavy atom. The SMILES string of the molecule is COc1ccc(OC)c(-c2csc(NC(=O)c3ccc(S(=O)(=O)N4CCc5ccccc5C4)cc3)n2)c1. The van der Waals surface area contributed by atoms with Crippen LogP contribution in [0.3, 0.4) is 0 Å². The molecule has 0 saturated heterocycles. The molecule has 0 fully saturated rings. The van der Waals surface area contributed by atoms with Gasteiger partial charge < -0.3 is 9.47 Å². The Labute approximate surface area is 219 Å². The van der Waals surface area contributed by atoms with Gasteiger partial charge in [0.1, 0.15) is 11.5 Å². The number of nitrogens with one attached hydrogen (secondary N) is 1. The van der Waals surface area contributed by atoms with Crippen molar-refractivity contribution in [1.29, 1.82) is 0 Å². The lowest BCUT2D eigenvalue weighted by atomic mass is 10.0. The summed E-state index contributed by atoms with van der Waals surface area (Å²) in [4.78, 5) is 17.5. The number of rotatable bonds is 7. The van der Waals surface area contributed by atoms with E-state index < -0.39 is 10.0 Å². The van der Waals surface area contributed by atoms with Crippen LogP contribution in [0.1, 0.15) is 21.5 Å². The van der Waals surface area contributed by atoms with Gasteiger partial charge in [0.15, 0.2) is 5.13 Å². The largest absolute Gasteiger partial charge is 0.497 e. The number of sulfonamides is 1. The number of aromatic nitrogens is 1. The van der Waals surface area contributed by atoms with E-state index in [1.165, 1.54) is 45.5 Å². The van der Waals surface area contributed by atoms with Gasteiger partial charge in [0.05, 0.1) is 24.8 Å². The van der Waals surface area contributed by atoms with Crippen molar-refractivity contribution in [3.63, 3.8) is 0 Å². The Morgan fingerprint density at radius 2 is 1.76 bits per heavy atom. The minimum absolute atomic E-state index is 0.157. The van der Waals surface area contributed by atoms with Gasteiger partial charge in [-0.05, 0) is 60.0 Å². The number of thiazole rings is 1. The molecule has 8 nitrogen and oxygen atoms in total. The van der Waals surface area contributed by atoms with Crippen molar-refractivity contribution in [2.24, 2.45) is 0 Å². The molecule has 5 rings (SSSR count). The minimum Gasteiger partial charge on any atom is -0.497 e. The summed E-state index contributed by atoms with van der Waals surface area (Å²) in [7, 11) is -0.515. The second-order valence-corrected chi connectivity index (χ2v) is 11.2. The molecule has 10 heteroatoms. The first-order valence-corrected chi connectivity index (χ1v) is 13.9. The number of benzene rings is 3. The van der Waals surface area contributed by atoms with Gasteiger partial charge >= 0.3 is 0 Å². The zero-order chi connectivity index (χ0) is 26.0. The Hall–Kier alpha value is -3.73. The zero-order valence-corrected chi connectivity index (χ0v) is 21.9. The number of ether oxygens (including phenoxy) is 2. The van der Waals surface area contributed by atoms with Crippen molar-refractivity contribution in [1.82, 2.24) is 9.29 Å². The number of methoxy groups -OCH3 is 2. The predicted molar refractivity (Wildman–Crippen MR) is 143 cm³/mol. The van der Waals surface area contributed by atoms with E-state index in [0.717, 1.165) is 11.1 Å². The fraction of sp³-hybridized carbons (Fsp3) is 0.185. The first-order valence-electron chi connectivity index (χ1n) is 11.6. The third kappa shape index (κ3) is 5.08. The smallest absolute Gasteiger partial charge is 0.257 e. The third-order valence-electron chi connectivity index (χ3n) is 6.26. The Morgan fingerprint density at radius 1 is 1.00 bits per heavy atom. The molecule has 1 aliphatic rings. The summed E-state index contributed by atoms with van der Waals surface area (Å²) in [6.07, 6.45) is 0.674. The highest BCUT2D eigenvalue weighted by atomic mass is 32.2. The monoisotopic (exact) mass is 535 g/mol. The van der Waals surface area contributed by atoms with Crippen LogP contribution in [0.5, 0.6) is 11.5 Å². The number of amides is 1. The van der Waals surface area contributed by atoms with Gasteiger partial charge in [0, 0.05) is 29.6 Å². The Bertz CT molecular complexity index is 1550. The molecule has 190 valence electrons. The van der Waals surface area contributed by atoms with E-state index in [2.05, 4.69) is 10.3 Å². The van der Waals surface area contributed by atoms with Crippen molar-refractivity contribution in [3.8, 4) is 22.8 Å². The predicted octanol–water partition coefficient (Wildman–Crippen LogP) is 4.83. The summed E-state index contributed by atoms with van der Waals surface area (Å²) < 4.78 is 38.6. The molecule has 37 heavy (non-hydrogen) atoms. The van der Waals surface area contributed by atoms with Gasteiger partial charge in [-0.2, -0.15) is 4.31 Å². The maximum atomic E-state index is 13.2. The molecule has 0 radical (unpaired) electrons. The van der Waals surface area contributed by atoms with E-state index >= 15 is 0 Å². The van der Waals surface area contributed by atoms with Crippen LogP contribution < -0.4 is 14.8 Å². The maximum absolute atomic E-state index is 13.2. The Kier molecular flexibility index (Phi) is 6.96. The molecule has 0 aliphatic carbocycles. The second-order valence-electron chi connectivity index (χ2n) is 8.44. The van der Waals surface area contributed by atoms with Crippen molar-refractivity contribution in [2.45, 2.75) is 17.9 Å². The van der Waals surface area contributed by atoms with Crippen LogP contribution >= 0.6 is 11.3 Å². The normalized spacial score (nSPS) is 13.6. The molecular formula is C27H25N3O5S2. The van der Waals surface area contributed by atoms with Crippen LogP contribution in [0.4, 0.5) is 5.13 Å². The van der Waals surface area contributed by atoms with Gasteiger partial charge in [-0.3, -0.25) is 10.1 Å². The molecule has 0 saturated carbocycles. The second kappa shape index (κ2) is 10.3. The lowest BCUT2D eigenvalue weighted by molar-refractivity contribution is 0.102. The van der Waals surface area contributed by atoms with E-state index in [-0.39, 0.29) is 10.8 Å². The molecule has 4 aromatic rings. The van der Waals surface area contributed by atoms with Crippen LogP contribution in [-0.2, 0) is 23.0 Å². The van der Waals surface area contributed by atoms with Crippen molar-refractivity contribution in [3.05, 3.63) is 88.8 Å². The lowest BCUT2D eigenvalue weighted by Crippen LogP contribution is -2.35. The standard InChI is InChI=1S/C27H25N3O5S2/c1-34-21-9-12-25(35-2)23(15-21)24-17-36-27(28-24)29-26(31)19-7-10-22(11-8-19)37(32,33)30-14-13-18-5-3-4-6-20(18)16-30/h3-12,15,17H,13-14,16H2,1-2H3,(H,28,29,31). The van der Waals surface area contributed by atoms with Gasteiger partial charge in [-0.1, -0.05) is 24.3 Å². The van der Waals surface area contributed by atoms with Gasteiger partial charge in [-0.15, -0.1) is 11.3 Å². The molecule has 1 aliphatic heterocycles. The highest BCUT2D eigenvalue weighted by molar-refractivity contribution is 7.89. The molecule has 1 N–H and O–H groups in total. The van der Waals surface area contributed by atoms with Crippen LogP contribution in [0.15, 0.2) is 77.0 Å². The van der Waals surface area contributed by atoms with Crippen LogP contribution in [-0.4, -0.2) is 44.4 Å². The zero-order valence-electron chi connectivity index (χ0n) is 20.3. The topological polar surface area (TPSA) is 97.8 Å². The van der Waals surface area contributed by atoms with Gasteiger partial charge in [-0.25, -0.2) is 13.4 Å². The highest BCUT2D eigenvalue weighted by Gasteiger charge is 2.28. The number of fused-ring (bicyclic) bond motifs is 1. The van der Waals surface area contributed by atoms with Crippen LogP contribution in [0.25, 0.3) is 11.3 Å². The van der Waals surface area contributed by atoms with Gasteiger partial charge in [0.25, 0.3) is 5.91 Å². The fourth-order valence-corrected chi connectivity index (χ4v) is 6.37. The molecule has 0 spiro atoms. The van der Waals surface area contributed by atoms with E-state index in [1.807, 2.05) is 35.7 Å². The average Bonchev–Trinajstić information content (AvgIpc) is 3.40. The van der Waals surface area contributed by atoms with E-state index in [4.69, 9.17) is 9.47 Å². The number of carbonyl (C=O) groups excluding carboxylic acids is 1. The molecule has 0 unspecified atom stereocenters. The first kappa shape index (κ1) is 24.9. The molecule has 1 amide bonds. The minimum atomic E-state index is -3.68. The number of nitrogens with zero attached hydrogens (tertiary/aromatic N) is 2. The molecule has 2 heterocycles.